The number of nitrogens with two attached hydrogens (primary N) is 2. The summed E-state index contributed by atoms with van der Waals surface area (Å²) in [5.74, 6) is -6.00. The quantitative estimate of drug-likeness (QED) is 0.0206. The van der Waals surface area contributed by atoms with Crippen LogP contribution >= 0.6 is 0 Å². The molecule has 0 aliphatic carbocycles. The number of carbonyl (C=O) groups is 2. The number of halogens is 8. The molecule has 0 saturated heterocycles. The molecule has 0 aliphatic heterocycles. The van der Waals surface area contributed by atoms with Crippen LogP contribution in [0.15, 0.2) is 127 Å². The Morgan fingerprint density at radius 2 is 1.00 bits per heavy atom. The molecular formula is C45H38F8N2O8. The molecule has 0 radical (unpaired) electrons. The van der Waals surface area contributed by atoms with Crippen LogP contribution in [-0.2, 0) is 0 Å². The van der Waals surface area contributed by atoms with Crippen molar-refractivity contribution in [3.05, 3.63) is 155 Å². The van der Waals surface area contributed by atoms with Crippen LogP contribution < -0.4 is 30.4 Å². The van der Waals surface area contributed by atoms with E-state index in [4.69, 9.17) is 20.9 Å². The number of hydrogen-bond acceptors (Lipinski definition) is 10. The molecule has 5 rings (SSSR count). The molecule has 0 heterocycles. The number of carbonyl (C=O) groups excluding carboxylic acids is 2. The number of nitrogen functional groups attached to an aromatic ring is 2. The third-order valence-electron chi connectivity index (χ3n) is 9.08. The van der Waals surface area contributed by atoms with E-state index in [1.54, 1.807) is 54.6 Å². The number of allylic oxidation sites excluding steroid dienone is 1. The maximum Gasteiger partial charge on any atom is 0.461 e. The largest absolute Gasteiger partial charge is 0.461 e. The molecule has 0 bridgehead atoms. The molecule has 5 aromatic rings. The van der Waals surface area contributed by atoms with Gasteiger partial charge in [0.2, 0.25) is 0 Å². The second kappa shape index (κ2) is 20.3. The SMILES string of the molecule is Nc1ccc(C(CC/C=C/c2ccc(C(=O)Oc3ccc(OC(F)(F)C(F)F)cc3)cc2)C(O)(O)C/C=C/c2ccc(C(=O)Oc3ccc(OC(F)(F)C(F)F)cc3)cc2)c(N)c1. The highest BCUT2D eigenvalue weighted by atomic mass is 19.3. The minimum absolute atomic E-state index is 0.0447. The second-order valence-corrected chi connectivity index (χ2v) is 13.8. The van der Waals surface area contributed by atoms with E-state index in [2.05, 4.69) is 9.47 Å². The van der Waals surface area contributed by atoms with Crippen molar-refractivity contribution in [2.75, 3.05) is 11.5 Å². The Balaban J connectivity index is 1.16. The maximum atomic E-state index is 13.1. The van der Waals surface area contributed by atoms with Crippen LogP contribution in [0, 0.1) is 0 Å². The summed E-state index contributed by atoms with van der Waals surface area (Å²) < 4.78 is 121. The lowest BCUT2D eigenvalue weighted by Crippen LogP contribution is -2.36. The van der Waals surface area contributed by atoms with Crippen LogP contribution in [-0.4, -0.2) is 53.0 Å². The molecule has 1 unspecified atom stereocenters. The van der Waals surface area contributed by atoms with E-state index in [0.29, 0.717) is 28.8 Å². The van der Waals surface area contributed by atoms with Crippen molar-refractivity contribution >= 4 is 35.5 Å². The molecule has 0 aromatic heterocycles. The lowest BCUT2D eigenvalue weighted by atomic mass is 9.83. The summed E-state index contributed by atoms with van der Waals surface area (Å²) >= 11 is 0. The first kappa shape index (κ1) is 47.1. The number of aliphatic hydroxyl groups is 2. The zero-order valence-corrected chi connectivity index (χ0v) is 32.7. The van der Waals surface area contributed by atoms with Gasteiger partial charge in [0.05, 0.1) is 11.1 Å². The minimum Gasteiger partial charge on any atom is -0.428 e. The molecule has 0 fully saturated rings. The van der Waals surface area contributed by atoms with Gasteiger partial charge in [-0.3, -0.25) is 0 Å². The topological polar surface area (TPSA) is 164 Å². The van der Waals surface area contributed by atoms with Gasteiger partial charge in [0, 0.05) is 23.7 Å². The number of rotatable bonds is 19. The summed E-state index contributed by atoms with van der Waals surface area (Å²) in [4.78, 5) is 25.3. The fourth-order valence-electron chi connectivity index (χ4n) is 5.89. The fraction of sp³-hybridized carbons (Fsp3) is 0.200. The zero-order chi connectivity index (χ0) is 46.0. The molecule has 1 atom stereocenters. The lowest BCUT2D eigenvalue weighted by Gasteiger charge is -2.32. The summed E-state index contributed by atoms with van der Waals surface area (Å²) in [6, 6.07) is 25.1. The predicted octanol–water partition coefficient (Wildman–Crippen LogP) is 10.1. The standard InChI is InChI=1S/C45H38F8N2O8/c46-41(47)44(50,51)62-34-20-16-32(17-21-34)60-39(56)29-11-7-27(8-12-29)4-1-2-6-37(36-24-15-31(54)26-38(36)55)43(58,59)25-3-5-28-9-13-30(14-10-28)40(57)61-33-18-22-35(23-19-33)63-45(52,53)42(48)49/h1,3-5,7-24,26,37,41-42,58-59H,2,6,25,54-55H2/b4-1+,5-3+. The first-order chi connectivity index (χ1) is 29.7. The third kappa shape index (κ3) is 13.3. The molecule has 10 nitrogen and oxygen atoms in total. The Morgan fingerprint density at radius 3 is 1.41 bits per heavy atom. The summed E-state index contributed by atoms with van der Waals surface area (Å²) in [5, 5.41) is 22.8. The number of ether oxygens (including phenoxy) is 4. The fourth-order valence-corrected chi connectivity index (χ4v) is 5.89. The van der Waals surface area contributed by atoms with E-state index < -0.39 is 60.2 Å². The molecule has 0 spiro atoms. The minimum atomic E-state index is -4.70. The summed E-state index contributed by atoms with van der Waals surface area (Å²) in [6.45, 7) is 0. The molecule has 5 aromatic carbocycles. The summed E-state index contributed by atoms with van der Waals surface area (Å²) in [6.07, 6.45) is -10.5. The third-order valence-corrected chi connectivity index (χ3v) is 9.08. The van der Waals surface area contributed by atoms with Crippen molar-refractivity contribution < 1.29 is 73.9 Å². The first-order valence-electron chi connectivity index (χ1n) is 18.7. The van der Waals surface area contributed by atoms with Crippen molar-refractivity contribution in [1.29, 1.82) is 0 Å². The zero-order valence-electron chi connectivity index (χ0n) is 32.7. The average molecular weight is 887 g/mol. The van der Waals surface area contributed by atoms with Gasteiger partial charge in [-0.05, 0) is 114 Å². The number of alkyl halides is 8. The van der Waals surface area contributed by atoms with E-state index in [0.717, 1.165) is 48.5 Å². The highest BCUT2D eigenvalue weighted by Gasteiger charge is 2.45. The molecule has 0 saturated carbocycles. The maximum absolute atomic E-state index is 13.1. The van der Waals surface area contributed by atoms with E-state index in [1.807, 2.05) is 0 Å². The Hall–Kier alpha value is -6.92. The Labute approximate surface area is 354 Å². The first-order valence-corrected chi connectivity index (χ1v) is 18.7. The van der Waals surface area contributed by atoms with Crippen molar-refractivity contribution in [2.24, 2.45) is 0 Å². The van der Waals surface area contributed by atoms with Crippen molar-refractivity contribution in [3.8, 4) is 23.0 Å². The van der Waals surface area contributed by atoms with Gasteiger partial charge in [-0.25, -0.2) is 9.59 Å². The predicted molar refractivity (Wildman–Crippen MR) is 216 cm³/mol. The van der Waals surface area contributed by atoms with E-state index >= 15 is 0 Å². The van der Waals surface area contributed by atoms with Crippen LogP contribution in [0.3, 0.4) is 0 Å². The second-order valence-electron chi connectivity index (χ2n) is 13.8. The molecule has 332 valence electrons. The van der Waals surface area contributed by atoms with Gasteiger partial charge in [0.1, 0.15) is 23.0 Å². The molecule has 0 aliphatic rings. The number of anilines is 2. The van der Waals surface area contributed by atoms with Gasteiger partial charge >= 0.3 is 37.0 Å². The van der Waals surface area contributed by atoms with Gasteiger partial charge in [0.15, 0.2) is 5.79 Å². The summed E-state index contributed by atoms with van der Waals surface area (Å²) in [7, 11) is 0. The number of benzene rings is 5. The van der Waals surface area contributed by atoms with Crippen molar-refractivity contribution in [1.82, 2.24) is 0 Å². The average Bonchev–Trinajstić information content (AvgIpc) is 3.22. The Bertz CT molecular complexity index is 2380. The molecular weight excluding hydrogens is 848 g/mol. The Morgan fingerprint density at radius 1 is 0.587 bits per heavy atom. The van der Waals surface area contributed by atoms with Gasteiger partial charge in [-0.1, -0.05) is 54.6 Å². The van der Waals surface area contributed by atoms with Gasteiger partial charge in [0.25, 0.3) is 0 Å². The monoisotopic (exact) mass is 886 g/mol. The smallest absolute Gasteiger partial charge is 0.428 e. The highest BCUT2D eigenvalue weighted by molar-refractivity contribution is 5.92. The van der Waals surface area contributed by atoms with Gasteiger partial charge in [-0.2, -0.15) is 35.1 Å². The highest BCUT2D eigenvalue weighted by Crippen LogP contribution is 2.38. The van der Waals surface area contributed by atoms with E-state index in [1.165, 1.54) is 36.4 Å². The normalized spacial score (nSPS) is 12.8. The van der Waals surface area contributed by atoms with Gasteiger partial charge in [-0.15, -0.1) is 0 Å². The van der Waals surface area contributed by atoms with Crippen LogP contribution in [0.2, 0.25) is 0 Å². The van der Waals surface area contributed by atoms with Crippen molar-refractivity contribution in [2.45, 2.75) is 56.0 Å². The number of hydrogen-bond donors (Lipinski definition) is 4. The summed E-state index contributed by atoms with van der Waals surface area (Å²) in [5.41, 5.74) is 14.7. The van der Waals surface area contributed by atoms with Crippen LogP contribution in [0.1, 0.15) is 62.6 Å². The lowest BCUT2D eigenvalue weighted by molar-refractivity contribution is -0.253. The van der Waals surface area contributed by atoms with Crippen LogP contribution in [0.5, 0.6) is 23.0 Å². The Kier molecular flexibility index (Phi) is 15.2. The van der Waals surface area contributed by atoms with Crippen LogP contribution in [0.25, 0.3) is 12.2 Å². The van der Waals surface area contributed by atoms with Gasteiger partial charge < -0.3 is 40.6 Å². The van der Waals surface area contributed by atoms with E-state index in [-0.39, 0.29) is 41.2 Å². The van der Waals surface area contributed by atoms with E-state index in [9.17, 15) is 54.9 Å². The molecule has 18 heteroatoms. The van der Waals surface area contributed by atoms with Crippen LogP contribution in [0.4, 0.5) is 46.5 Å². The molecule has 63 heavy (non-hydrogen) atoms. The molecule has 0 amide bonds. The molecule has 6 N–H and O–H groups in total. The van der Waals surface area contributed by atoms with Crippen molar-refractivity contribution in [3.63, 3.8) is 0 Å². The number of esters is 2.